The lowest BCUT2D eigenvalue weighted by Crippen LogP contribution is -1.97. The predicted octanol–water partition coefficient (Wildman–Crippen LogP) is 9.95. The summed E-state index contributed by atoms with van der Waals surface area (Å²) in [4.78, 5) is 0. The Morgan fingerprint density at radius 2 is 1.03 bits per heavy atom. The van der Waals surface area contributed by atoms with E-state index >= 15 is 0 Å². The first-order valence-electron chi connectivity index (χ1n) is 13.0. The molecule has 0 aliphatic heterocycles. The van der Waals surface area contributed by atoms with Crippen molar-refractivity contribution in [2.45, 2.75) is 0 Å². The van der Waals surface area contributed by atoms with Gasteiger partial charge < -0.3 is 11.1 Å². The fourth-order valence-corrected chi connectivity index (χ4v) is 5.62. The maximum Gasteiger partial charge on any atom is 0.125 e. The molecule has 0 radical (unpaired) electrons. The maximum absolute atomic E-state index is 13.5. The second kappa shape index (κ2) is 9.30. The molecule has 0 heterocycles. The topological polar surface area (TPSA) is 38.0 Å². The number of benzene rings is 7. The van der Waals surface area contributed by atoms with Gasteiger partial charge in [0.05, 0.1) is 11.4 Å². The van der Waals surface area contributed by atoms with Crippen LogP contribution < -0.4 is 11.1 Å². The van der Waals surface area contributed by atoms with E-state index in [0.717, 1.165) is 11.3 Å². The third-order valence-electron chi connectivity index (χ3n) is 7.44. The Labute approximate surface area is 226 Å². The number of nitrogen functional groups attached to an aromatic ring is 1. The van der Waals surface area contributed by atoms with Crippen molar-refractivity contribution < 1.29 is 4.39 Å². The number of hydrogen-bond acceptors (Lipinski definition) is 2. The molecule has 0 bridgehead atoms. The normalized spacial score (nSPS) is 11.3. The molecule has 0 saturated heterocycles. The van der Waals surface area contributed by atoms with Gasteiger partial charge in [-0.15, -0.1) is 0 Å². The molecule has 0 atom stereocenters. The third kappa shape index (κ3) is 4.05. The van der Waals surface area contributed by atoms with Crippen LogP contribution in [-0.2, 0) is 0 Å². The molecule has 0 aromatic heterocycles. The fraction of sp³-hybridized carbons (Fsp3) is 0. The van der Waals surface area contributed by atoms with E-state index in [1.807, 2.05) is 12.1 Å². The fourth-order valence-electron chi connectivity index (χ4n) is 5.62. The molecular weight excluding hydrogens is 479 g/mol. The molecule has 0 aliphatic carbocycles. The monoisotopic (exact) mass is 504 g/mol. The Bertz CT molecular complexity index is 1950. The number of nitrogens with two attached hydrogens (primary N) is 1. The highest BCUT2D eigenvalue weighted by Crippen LogP contribution is 2.44. The zero-order valence-corrected chi connectivity index (χ0v) is 21.2. The summed E-state index contributed by atoms with van der Waals surface area (Å²) in [6.45, 7) is 0. The first kappa shape index (κ1) is 23.0. The van der Waals surface area contributed by atoms with Crippen LogP contribution in [0.15, 0.2) is 133 Å². The van der Waals surface area contributed by atoms with Gasteiger partial charge in [0.2, 0.25) is 0 Å². The summed E-state index contributed by atoms with van der Waals surface area (Å²) in [5.74, 6) is -0.348. The van der Waals surface area contributed by atoms with Gasteiger partial charge in [0.1, 0.15) is 5.82 Å². The van der Waals surface area contributed by atoms with Gasteiger partial charge in [0.15, 0.2) is 0 Å². The lowest BCUT2D eigenvalue weighted by molar-refractivity contribution is 0.628. The third-order valence-corrected chi connectivity index (χ3v) is 7.44. The van der Waals surface area contributed by atoms with Crippen molar-refractivity contribution in [3.8, 4) is 22.3 Å². The first-order chi connectivity index (χ1) is 19.2. The molecule has 186 valence electrons. The van der Waals surface area contributed by atoms with Crippen molar-refractivity contribution in [1.29, 1.82) is 0 Å². The lowest BCUT2D eigenvalue weighted by Gasteiger charge is -2.18. The van der Waals surface area contributed by atoms with Crippen molar-refractivity contribution >= 4 is 49.4 Å². The van der Waals surface area contributed by atoms with Gasteiger partial charge in [0.25, 0.3) is 0 Å². The number of nitrogens with one attached hydrogen (secondary N) is 1. The Kier molecular flexibility index (Phi) is 5.49. The second-order valence-electron chi connectivity index (χ2n) is 9.84. The van der Waals surface area contributed by atoms with Gasteiger partial charge in [-0.1, -0.05) is 97.1 Å². The van der Waals surface area contributed by atoms with E-state index in [1.54, 1.807) is 6.07 Å². The van der Waals surface area contributed by atoms with Crippen molar-refractivity contribution in [3.05, 3.63) is 139 Å². The van der Waals surface area contributed by atoms with Crippen molar-refractivity contribution in [3.63, 3.8) is 0 Å². The molecule has 39 heavy (non-hydrogen) atoms. The molecule has 0 aliphatic rings. The first-order valence-corrected chi connectivity index (χ1v) is 13.0. The molecular formula is C36H25FN2. The molecule has 0 spiro atoms. The Hall–Kier alpha value is -5.15. The van der Waals surface area contributed by atoms with Crippen LogP contribution in [0.1, 0.15) is 0 Å². The largest absolute Gasteiger partial charge is 0.397 e. The average molecular weight is 505 g/mol. The van der Waals surface area contributed by atoms with Gasteiger partial charge in [-0.05, 0) is 91.0 Å². The van der Waals surface area contributed by atoms with Crippen molar-refractivity contribution in [2.75, 3.05) is 11.1 Å². The van der Waals surface area contributed by atoms with Crippen molar-refractivity contribution in [1.82, 2.24) is 0 Å². The van der Waals surface area contributed by atoms with Crippen LogP contribution in [-0.4, -0.2) is 0 Å². The van der Waals surface area contributed by atoms with E-state index in [9.17, 15) is 4.39 Å². The van der Waals surface area contributed by atoms with Crippen LogP contribution in [0.3, 0.4) is 0 Å². The van der Waals surface area contributed by atoms with Crippen LogP contribution in [0.2, 0.25) is 0 Å². The molecule has 0 unspecified atom stereocenters. The SMILES string of the molecule is Nc1cc(F)ccc1Nc1ccc(-c2c3ccccc3c(-c3ccc4ccccc4c3)c3ccccc23)cc1. The summed E-state index contributed by atoms with van der Waals surface area (Å²) >= 11 is 0. The van der Waals surface area contributed by atoms with E-state index in [0.29, 0.717) is 11.4 Å². The molecule has 7 aromatic carbocycles. The molecule has 2 nitrogen and oxygen atoms in total. The van der Waals surface area contributed by atoms with E-state index in [-0.39, 0.29) is 5.82 Å². The number of fused-ring (bicyclic) bond motifs is 3. The zero-order valence-electron chi connectivity index (χ0n) is 21.2. The molecule has 0 fully saturated rings. The van der Waals surface area contributed by atoms with Gasteiger partial charge >= 0.3 is 0 Å². The zero-order chi connectivity index (χ0) is 26.3. The van der Waals surface area contributed by atoms with E-state index in [2.05, 4.69) is 108 Å². The molecule has 7 rings (SSSR count). The van der Waals surface area contributed by atoms with Gasteiger partial charge in [-0.2, -0.15) is 0 Å². The average Bonchev–Trinajstić information content (AvgIpc) is 2.97. The highest BCUT2D eigenvalue weighted by Gasteiger charge is 2.16. The molecule has 0 saturated carbocycles. The number of halogens is 1. The quantitative estimate of drug-likeness (QED) is 0.185. The van der Waals surface area contributed by atoms with E-state index in [4.69, 9.17) is 5.73 Å². The lowest BCUT2D eigenvalue weighted by atomic mass is 9.85. The van der Waals surface area contributed by atoms with Crippen molar-refractivity contribution in [2.24, 2.45) is 0 Å². The molecule has 7 aromatic rings. The Balaban J connectivity index is 1.40. The minimum Gasteiger partial charge on any atom is -0.397 e. The minimum absolute atomic E-state index is 0.348. The van der Waals surface area contributed by atoms with Crippen LogP contribution in [0.25, 0.3) is 54.6 Å². The summed E-state index contributed by atoms with van der Waals surface area (Å²) in [6, 6.07) is 45.3. The van der Waals surface area contributed by atoms with Crippen LogP contribution >= 0.6 is 0 Å². The molecule has 0 amide bonds. The minimum atomic E-state index is -0.348. The summed E-state index contributed by atoms with van der Waals surface area (Å²) < 4.78 is 13.5. The predicted molar refractivity (Wildman–Crippen MR) is 164 cm³/mol. The molecule has 3 heteroatoms. The standard InChI is InChI=1S/C36H25FN2/c37-27-17-20-34(33(38)22-27)39-28-18-15-24(16-19-28)35-29-9-3-5-11-31(29)36(32-12-6-4-10-30(32)35)26-14-13-23-7-1-2-8-25(23)21-26/h1-22,39H,38H2. The highest BCUT2D eigenvalue weighted by atomic mass is 19.1. The number of hydrogen-bond donors (Lipinski definition) is 2. The van der Waals surface area contributed by atoms with Crippen LogP contribution in [0.4, 0.5) is 21.5 Å². The van der Waals surface area contributed by atoms with Gasteiger partial charge in [-0.25, -0.2) is 4.39 Å². The molecule has 3 N–H and O–H groups in total. The van der Waals surface area contributed by atoms with Crippen LogP contribution in [0.5, 0.6) is 0 Å². The Morgan fingerprint density at radius 1 is 0.487 bits per heavy atom. The van der Waals surface area contributed by atoms with Crippen LogP contribution in [0, 0.1) is 5.82 Å². The summed E-state index contributed by atoms with van der Waals surface area (Å²) in [5, 5.41) is 10.6. The second-order valence-corrected chi connectivity index (χ2v) is 9.84. The number of rotatable bonds is 4. The van der Waals surface area contributed by atoms with Gasteiger partial charge in [0, 0.05) is 5.69 Å². The maximum atomic E-state index is 13.5. The van der Waals surface area contributed by atoms with E-state index < -0.39 is 0 Å². The number of anilines is 3. The summed E-state index contributed by atoms with van der Waals surface area (Å²) in [6.07, 6.45) is 0. The smallest absolute Gasteiger partial charge is 0.125 e. The summed E-state index contributed by atoms with van der Waals surface area (Å²) in [5.41, 5.74) is 12.7. The highest BCUT2D eigenvalue weighted by molar-refractivity contribution is 6.21. The van der Waals surface area contributed by atoms with E-state index in [1.165, 1.54) is 61.1 Å². The Morgan fingerprint density at radius 3 is 1.64 bits per heavy atom. The summed E-state index contributed by atoms with van der Waals surface area (Å²) in [7, 11) is 0. The van der Waals surface area contributed by atoms with Gasteiger partial charge in [-0.3, -0.25) is 0 Å².